The number of amides is 1. The molecular formula is C23H25N3O2. The fourth-order valence-electron chi connectivity index (χ4n) is 3.61. The zero-order chi connectivity index (χ0) is 19.3. The van der Waals surface area contributed by atoms with Gasteiger partial charge in [-0.15, -0.1) is 0 Å². The Kier molecular flexibility index (Phi) is 5.53. The first-order valence-electron chi connectivity index (χ1n) is 9.83. The summed E-state index contributed by atoms with van der Waals surface area (Å²) in [4.78, 5) is 19.9. The van der Waals surface area contributed by atoms with E-state index in [9.17, 15) is 4.79 Å². The van der Waals surface area contributed by atoms with Crippen molar-refractivity contribution < 1.29 is 9.53 Å². The fraction of sp³-hybridized carbons (Fsp3) is 0.304. The molecule has 5 nitrogen and oxygen atoms in total. The third-order valence-electron chi connectivity index (χ3n) is 5.09. The number of rotatable bonds is 6. The quantitative estimate of drug-likeness (QED) is 0.667. The number of likely N-dealkylation sites (N-methyl/N-ethyl adjacent to an activating group) is 1. The van der Waals surface area contributed by atoms with Crippen LogP contribution >= 0.6 is 0 Å². The lowest BCUT2D eigenvalue weighted by Crippen LogP contribution is -2.27. The molecule has 5 heteroatoms. The summed E-state index contributed by atoms with van der Waals surface area (Å²) >= 11 is 0. The fourth-order valence-corrected chi connectivity index (χ4v) is 3.61. The van der Waals surface area contributed by atoms with Crippen LogP contribution in [0.15, 0.2) is 54.6 Å². The summed E-state index contributed by atoms with van der Waals surface area (Å²) in [5, 5.41) is 3.98. The van der Waals surface area contributed by atoms with Gasteiger partial charge in [-0.25, -0.2) is 4.98 Å². The molecule has 0 spiro atoms. The first-order valence-corrected chi connectivity index (χ1v) is 9.83. The van der Waals surface area contributed by atoms with Gasteiger partial charge < -0.3 is 15.0 Å². The Morgan fingerprint density at radius 1 is 1.11 bits per heavy atom. The number of carbonyl (C=O) groups is 1. The van der Waals surface area contributed by atoms with E-state index < -0.39 is 0 Å². The van der Waals surface area contributed by atoms with Crippen LogP contribution in [-0.2, 0) is 0 Å². The molecule has 2 heterocycles. The average molecular weight is 375 g/mol. The summed E-state index contributed by atoms with van der Waals surface area (Å²) in [5.41, 5.74) is 3.30. The van der Waals surface area contributed by atoms with Crippen LogP contribution in [0.3, 0.4) is 0 Å². The molecule has 0 radical (unpaired) electrons. The zero-order valence-electron chi connectivity index (χ0n) is 16.1. The predicted molar refractivity (Wildman–Crippen MR) is 112 cm³/mol. The van der Waals surface area contributed by atoms with Gasteiger partial charge in [-0.05, 0) is 44.2 Å². The molecule has 2 aromatic carbocycles. The molecule has 1 N–H and O–H groups in total. The molecule has 144 valence electrons. The highest BCUT2D eigenvalue weighted by molar-refractivity contribution is 6.07. The normalized spacial score (nSPS) is 13.8. The van der Waals surface area contributed by atoms with Crippen molar-refractivity contribution in [2.45, 2.75) is 12.8 Å². The standard InChI is InChI=1S/C23H25N3O2/c1-24-11-14-28-18-8-6-7-17(15-18)22-16-20(23(27)26-12-4-5-13-26)19-9-2-3-10-21(19)25-22/h2-3,6-10,15-16,24H,4-5,11-14H2,1H3. The van der Waals surface area contributed by atoms with Crippen LogP contribution in [0.1, 0.15) is 23.2 Å². The number of nitrogens with one attached hydrogen (secondary N) is 1. The topological polar surface area (TPSA) is 54.5 Å². The van der Waals surface area contributed by atoms with Gasteiger partial charge in [0.25, 0.3) is 5.91 Å². The van der Waals surface area contributed by atoms with Gasteiger partial charge in [0.2, 0.25) is 0 Å². The number of carbonyl (C=O) groups excluding carboxylic acids is 1. The van der Waals surface area contributed by atoms with Crippen molar-refractivity contribution in [1.82, 2.24) is 15.2 Å². The number of aromatic nitrogens is 1. The number of para-hydroxylation sites is 1. The smallest absolute Gasteiger partial charge is 0.254 e. The van der Waals surface area contributed by atoms with Crippen molar-refractivity contribution >= 4 is 16.8 Å². The number of benzene rings is 2. The summed E-state index contributed by atoms with van der Waals surface area (Å²) in [5.74, 6) is 0.897. The van der Waals surface area contributed by atoms with E-state index in [1.165, 1.54) is 0 Å². The molecule has 28 heavy (non-hydrogen) atoms. The van der Waals surface area contributed by atoms with E-state index in [2.05, 4.69) is 5.32 Å². The monoisotopic (exact) mass is 375 g/mol. The molecule has 0 aliphatic carbocycles. The number of hydrogen-bond acceptors (Lipinski definition) is 4. The lowest BCUT2D eigenvalue weighted by molar-refractivity contribution is 0.0794. The van der Waals surface area contributed by atoms with Crippen LogP contribution in [0.5, 0.6) is 5.75 Å². The van der Waals surface area contributed by atoms with Gasteiger partial charge in [0, 0.05) is 30.6 Å². The first kappa shape index (κ1) is 18.4. The van der Waals surface area contributed by atoms with E-state index in [1.54, 1.807) is 0 Å². The van der Waals surface area contributed by atoms with Crippen LogP contribution in [0.2, 0.25) is 0 Å². The maximum absolute atomic E-state index is 13.2. The minimum Gasteiger partial charge on any atom is -0.492 e. The van der Waals surface area contributed by atoms with Crippen LogP contribution in [0.4, 0.5) is 0 Å². The summed E-state index contributed by atoms with van der Waals surface area (Å²) in [6.07, 6.45) is 2.15. The van der Waals surface area contributed by atoms with Crippen molar-refractivity contribution in [3.8, 4) is 17.0 Å². The maximum atomic E-state index is 13.2. The highest BCUT2D eigenvalue weighted by Crippen LogP contribution is 2.28. The Morgan fingerprint density at radius 3 is 2.75 bits per heavy atom. The molecule has 0 saturated carbocycles. The first-order chi connectivity index (χ1) is 13.8. The minimum atomic E-state index is 0.0961. The second-order valence-electron chi connectivity index (χ2n) is 7.05. The average Bonchev–Trinajstić information content (AvgIpc) is 3.28. The molecule has 0 atom stereocenters. The van der Waals surface area contributed by atoms with Crippen LogP contribution < -0.4 is 10.1 Å². The lowest BCUT2D eigenvalue weighted by Gasteiger charge is -2.17. The third kappa shape index (κ3) is 3.85. The maximum Gasteiger partial charge on any atom is 0.254 e. The van der Waals surface area contributed by atoms with Crippen molar-refractivity contribution in [3.63, 3.8) is 0 Å². The van der Waals surface area contributed by atoms with Gasteiger partial charge in [-0.1, -0.05) is 30.3 Å². The predicted octanol–water partition coefficient (Wildman–Crippen LogP) is 3.74. The van der Waals surface area contributed by atoms with E-state index >= 15 is 0 Å². The van der Waals surface area contributed by atoms with Crippen LogP contribution in [0, 0.1) is 0 Å². The molecule has 1 amide bonds. The SMILES string of the molecule is CNCCOc1cccc(-c2cc(C(=O)N3CCCC3)c3ccccc3n2)c1. The number of fused-ring (bicyclic) bond motifs is 1. The Bertz CT molecular complexity index is 980. The van der Waals surface area contributed by atoms with Crippen molar-refractivity contribution in [2.24, 2.45) is 0 Å². The van der Waals surface area contributed by atoms with E-state index in [0.717, 1.165) is 65.9 Å². The molecule has 3 aromatic rings. The van der Waals surface area contributed by atoms with Gasteiger partial charge in [0.15, 0.2) is 0 Å². The lowest BCUT2D eigenvalue weighted by atomic mass is 10.0. The van der Waals surface area contributed by atoms with Crippen molar-refractivity contribution in [1.29, 1.82) is 0 Å². The van der Waals surface area contributed by atoms with Crippen molar-refractivity contribution in [2.75, 3.05) is 33.3 Å². The molecule has 1 fully saturated rings. The highest BCUT2D eigenvalue weighted by Gasteiger charge is 2.22. The van der Waals surface area contributed by atoms with Crippen LogP contribution in [0.25, 0.3) is 22.2 Å². The highest BCUT2D eigenvalue weighted by atomic mass is 16.5. The Hall–Kier alpha value is -2.92. The summed E-state index contributed by atoms with van der Waals surface area (Å²) in [7, 11) is 1.90. The molecule has 4 rings (SSSR count). The molecule has 1 aliphatic heterocycles. The van der Waals surface area contributed by atoms with Gasteiger partial charge >= 0.3 is 0 Å². The number of pyridine rings is 1. The second kappa shape index (κ2) is 8.40. The number of nitrogens with zero attached hydrogens (tertiary/aromatic N) is 2. The number of hydrogen-bond donors (Lipinski definition) is 1. The molecule has 0 unspecified atom stereocenters. The summed E-state index contributed by atoms with van der Waals surface area (Å²) in [6, 6.07) is 17.7. The largest absolute Gasteiger partial charge is 0.492 e. The number of likely N-dealkylation sites (tertiary alicyclic amines) is 1. The Balaban J connectivity index is 1.73. The van der Waals surface area contributed by atoms with Gasteiger partial charge in [0.05, 0.1) is 16.8 Å². The van der Waals surface area contributed by atoms with Gasteiger partial charge in [-0.3, -0.25) is 4.79 Å². The third-order valence-corrected chi connectivity index (χ3v) is 5.09. The number of ether oxygens (including phenoxy) is 1. The molecule has 1 aliphatic rings. The minimum absolute atomic E-state index is 0.0961. The Morgan fingerprint density at radius 2 is 1.93 bits per heavy atom. The van der Waals surface area contributed by atoms with Crippen molar-refractivity contribution in [3.05, 3.63) is 60.2 Å². The van der Waals surface area contributed by atoms with Gasteiger partial charge in [-0.2, -0.15) is 0 Å². The van der Waals surface area contributed by atoms with E-state index in [-0.39, 0.29) is 5.91 Å². The van der Waals surface area contributed by atoms with E-state index in [0.29, 0.717) is 6.61 Å². The van der Waals surface area contributed by atoms with E-state index in [4.69, 9.17) is 9.72 Å². The summed E-state index contributed by atoms with van der Waals surface area (Å²) in [6.45, 7) is 3.05. The molecule has 1 aromatic heterocycles. The molecular weight excluding hydrogens is 350 g/mol. The molecule has 1 saturated heterocycles. The molecule has 0 bridgehead atoms. The Labute approximate surface area is 165 Å². The van der Waals surface area contributed by atoms with Gasteiger partial charge in [0.1, 0.15) is 12.4 Å². The summed E-state index contributed by atoms with van der Waals surface area (Å²) < 4.78 is 5.79. The van der Waals surface area contributed by atoms with E-state index in [1.807, 2.05) is 66.5 Å². The zero-order valence-corrected chi connectivity index (χ0v) is 16.1. The van der Waals surface area contributed by atoms with Crippen LogP contribution in [-0.4, -0.2) is 49.1 Å². The second-order valence-corrected chi connectivity index (χ2v) is 7.05.